The van der Waals surface area contributed by atoms with Crippen molar-refractivity contribution in [2.75, 3.05) is 13.7 Å². The highest BCUT2D eigenvalue weighted by atomic mass is 16.5. The number of ether oxygens (including phenoxy) is 1. The fourth-order valence-electron chi connectivity index (χ4n) is 2.41. The molecule has 0 N–H and O–H groups in total. The van der Waals surface area contributed by atoms with E-state index in [1.165, 1.54) is 5.01 Å². The number of hydrazone groups is 1. The van der Waals surface area contributed by atoms with Crippen LogP contribution in [-0.4, -0.2) is 35.3 Å². The number of pyridine rings is 1. The van der Waals surface area contributed by atoms with Gasteiger partial charge in [-0.05, 0) is 54.8 Å². The fourth-order valence-corrected chi connectivity index (χ4v) is 2.41. The molecule has 0 fully saturated rings. The van der Waals surface area contributed by atoms with Gasteiger partial charge in [0.25, 0.3) is 5.91 Å². The Morgan fingerprint density at radius 2 is 2.05 bits per heavy atom. The van der Waals surface area contributed by atoms with E-state index in [4.69, 9.17) is 4.74 Å². The third-order valence-corrected chi connectivity index (χ3v) is 3.59. The lowest BCUT2D eigenvalue weighted by atomic mass is 10.0. The van der Waals surface area contributed by atoms with Gasteiger partial charge in [-0.1, -0.05) is 0 Å². The van der Waals surface area contributed by atoms with Gasteiger partial charge in [0.15, 0.2) is 0 Å². The summed E-state index contributed by atoms with van der Waals surface area (Å²) in [4.78, 5) is 16.4. The van der Waals surface area contributed by atoms with E-state index >= 15 is 0 Å². The van der Waals surface area contributed by atoms with Crippen LogP contribution in [0.15, 0.2) is 53.9 Å². The maximum atomic E-state index is 12.4. The maximum absolute atomic E-state index is 12.4. The van der Waals surface area contributed by atoms with E-state index in [2.05, 4.69) is 10.1 Å². The molecule has 1 aliphatic rings. The van der Waals surface area contributed by atoms with E-state index in [1.807, 2.05) is 24.3 Å². The predicted octanol–water partition coefficient (Wildman–Crippen LogP) is 2.73. The second-order valence-electron chi connectivity index (χ2n) is 5.05. The van der Waals surface area contributed by atoms with Crippen molar-refractivity contribution in [1.82, 2.24) is 9.99 Å². The first-order valence-electron chi connectivity index (χ1n) is 7.22. The first-order valence-corrected chi connectivity index (χ1v) is 7.22. The van der Waals surface area contributed by atoms with Crippen molar-refractivity contribution < 1.29 is 9.53 Å². The monoisotopic (exact) mass is 295 g/mol. The number of hydrogen-bond donors (Lipinski definition) is 0. The molecule has 0 atom stereocenters. The molecule has 0 bridgehead atoms. The van der Waals surface area contributed by atoms with Crippen molar-refractivity contribution in [3.63, 3.8) is 0 Å². The van der Waals surface area contributed by atoms with E-state index in [-0.39, 0.29) is 5.91 Å². The summed E-state index contributed by atoms with van der Waals surface area (Å²) in [5.74, 6) is 0.697. The lowest BCUT2D eigenvalue weighted by molar-refractivity contribution is 0.0751. The normalized spacial score (nSPS) is 14.4. The van der Waals surface area contributed by atoms with Crippen LogP contribution in [0.4, 0.5) is 0 Å². The molecule has 5 nitrogen and oxygen atoms in total. The molecule has 1 aromatic carbocycles. The first kappa shape index (κ1) is 14.3. The summed E-state index contributed by atoms with van der Waals surface area (Å²) in [6, 6.07) is 11.3. The summed E-state index contributed by atoms with van der Waals surface area (Å²) in [7, 11) is 1.64. The van der Waals surface area contributed by atoms with E-state index in [0.29, 0.717) is 12.1 Å². The summed E-state index contributed by atoms with van der Waals surface area (Å²) in [5.41, 5.74) is 2.50. The molecular formula is C17H17N3O2. The highest BCUT2D eigenvalue weighted by Crippen LogP contribution is 2.18. The van der Waals surface area contributed by atoms with Crippen LogP contribution in [0.25, 0.3) is 0 Å². The number of carbonyl (C=O) groups excluding carboxylic acids is 1. The summed E-state index contributed by atoms with van der Waals surface area (Å²) >= 11 is 0. The average Bonchev–Trinajstić information content (AvgIpc) is 2.62. The Bertz CT molecular complexity index is 681. The van der Waals surface area contributed by atoms with Crippen LogP contribution in [0.1, 0.15) is 28.8 Å². The number of aromatic nitrogens is 1. The third kappa shape index (κ3) is 2.98. The van der Waals surface area contributed by atoms with Crippen LogP contribution >= 0.6 is 0 Å². The lowest BCUT2D eigenvalue weighted by Gasteiger charge is -2.23. The highest BCUT2D eigenvalue weighted by molar-refractivity contribution is 6.03. The molecule has 22 heavy (non-hydrogen) atoms. The van der Waals surface area contributed by atoms with Crippen LogP contribution in [0.5, 0.6) is 5.75 Å². The largest absolute Gasteiger partial charge is 0.497 e. The maximum Gasteiger partial charge on any atom is 0.275 e. The van der Waals surface area contributed by atoms with Gasteiger partial charge in [-0.3, -0.25) is 9.78 Å². The average molecular weight is 295 g/mol. The minimum absolute atomic E-state index is 0.112. The van der Waals surface area contributed by atoms with Gasteiger partial charge >= 0.3 is 0 Å². The van der Waals surface area contributed by atoms with Gasteiger partial charge in [-0.2, -0.15) is 5.10 Å². The zero-order chi connectivity index (χ0) is 15.4. The quantitative estimate of drug-likeness (QED) is 0.875. The first-order chi connectivity index (χ1) is 10.8. The summed E-state index contributed by atoms with van der Waals surface area (Å²) < 4.78 is 5.16. The molecule has 112 valence electrons. The molecule has 0 saturated heterocycles. The molecule has 0 saturated carbocycles. The zero-order valence-electron chi connectivity index (χ0n) is 12.4. The highest BCUT2D eigenvalue weighted by Gasteiger charge is 2.20. The summed E-state index contributed by atoms with van der Waals surface area (Å²) in [6.45, 7) is 0.632. The Morgan fingerprint density at radius 3 is 2.73 bits per heavy atom. The predicted molar refractivity (Wildman–Crippen MR) is 84.0 cm³/mol. The minimum atomic E-state index is -0.112. The molecular weight excluding hydrogens is 278 g/mol. The van der Waals surface area contributed by atoms with Gasteiger partial charge in [0.1, 0.15) is 5.75 Å². The zero-order valence-corrected chi connectivity index (χ0v) is 12.4. The van der Waals surface area contributed by atoms with Crippen LogP contribution in [0.3, 0.4) is 0 Å². The van der Waals surface area contributed by atoms with Crippen molar-refractivity contribution in [3.8, 4) is 5.75 Å². The second-order valence-corrected chi connectivity index (χ2v) is 5.05. The minimum Gasteiger partial charge on any atom is -0.497 e. The molecule has 2 aromatic rings. The molecule has 0 unspecified atom stereocenters. The Morgan fingerprint density at radius 1 is 1.23 bits per heavy atom. The van der Waals surface area contributed by atoms with E-state index < -0.39 is 0 Å². The second kappa shape index (κ2) is 6.39. The topological polar surface area (TPSA) is 54.8 Å². The smallest absolute Gasteiger partial charge is 0.275 e. The molecule has 0 spiro atoms. The molecule has 0 aliphatic carbocycles. The number of benzene rings is 1. The number of amides is 1. The summed E-state index contributed by atoms with van der Waals surface area (Å²) in [6.07, 6.45) is 4.98. The molecule has 1 amide bonds. The van der Waals surface area contributed by atoms with Crippen LogP contribution < -0.4 is 4.74 Å². The molecule has 0 radical (unpaired) electrons. The van der Waals surface area contributed by atoms with Crippen LogP contribution in [0.2, 0.25) is 0 Å². The van der Waals surface area contributed by atoms with Gasteiger partial charge in [0.05, 0.1) is 18.4 Å². The molecule has 1 aliphatic heterocycles. The number of hydrogen-bond acceptors (Lipinski definition) is 4. The SMILES string of the molecule is COc1ccc(C2=NN(C(=O)c3cccnc3)CCC2)cc1. The van der Waals surface area contributed by atoms with Crippen LogP contribution in [0, 0.1) is 0 Å². The Hall–Kier alpha value is -2.69. The standard InChI is InChI=1S/C17H17N3O2/c1-22-15-8-6-13(7-9-15)16-5-3-11-20(19-16)17(21)14-4-2-10-18-12-14/h2,4,6-10,12H,3,5,11H2,1H3. The molecule has 2 heterocycles. The van der Waals surface area contributed by atoms with Gasteiger partial charge in [0.2, 0.25) is 0 Å². The Balaban J connectivity index is 1.83. The Kier molecular flexibility index (Phi) is 4.14. The van der Waals surface area contributed by atoms with Crippen molar-refractivity contribution in [3.05, 3.63) is 59.9 Å². The van der Waals surface area contributed by atoms with Gasteiger partial charge in [0, 0.05) is 18.9 Å². The molecule has 3 rings (SSSR count). The van der Waals surface area contributed by atoms with E-state index in [9.17, 15) is 4.79 Å². The van der Waals surface area contributed by atoms with Crippen molar-refractivity contribution in [1.29, 1.82) is 0 Å². The van der Waals surface area contributed by atoms with E-state index in [1.54, 1.807) is 31.6 Å². The Labute approximate surface area is 129 Å². The number of rotatable bonds is 3. The summed E-state index contributed by atoms with van der Waals surface area (Å²) in [5, 5.41) is 6.04. The molecule has 1 aromatic heterocycles. The van der Waals surface area contributed by atoms with Crippen LogP contribution in [-0.2, 0) is 0 Å². The number of nitrogens with zero attached hydrogens (tertiary/aromatic N) is 3. The third-order valence-electron chi connectivity index (χ3n) is 3.59. The van der Waals surface area contributed by atoms with E-state index in [0.717, 1.165) is 29.9 Å². The fraction of sp³-hybridized carbons (Fsp3) is 0.235. The number of carbonyl (C=O) groups is 1. The van der Waals surface area contributed by atoms with Gasteiger partial charge in [-0.25, -0.2) is 5.01 Å². The van der Waals surface area contributed by atoms with Gasteiger partial charge < -0.3 is 4.74 Å². The van der Waals surface area contributed by atoms with Crippen molar-refractivity contribution >= 4 is 11.6 Å². The van der Waals surface area contributed by atoms with Gasteiger partial charge in [-0.15, -0.1) is 0 Å². The van der Waals surface area contributed by atoms with Crippen molar-refractivity contribution in [2.45, 2.75) is 12.8 Å². The van der Waals surface area contributed by atoms with Crippen molar-refractivity contribution in [2.24, 2.45) is 5.10 Å². The number of methoxy groups -OCH3 is 1. The lowest BCUT2D eigenvalue weighted by Crippen LogP contribution is -2.32. The molecule has 5 heteroatoms.